The Hall–Kier alpha value is -2.93. The topological polar surface area (TPSA) is 93.9 Å². The van der Waals surface area contributed by atoms with E-state index in [9.17, 15) is 9.18 Å². The Morgan fingerprint density at radius 1 is 1.25 bits per heavy atom. The average molecular weight is 347 g/mol. The van der Waals surface area contributed by atoms with Crippen LogP contribution in [0.15, 0.2) is 42.5 Å². The molecule has 0 atom stereocenters. The lowest BCUT2D eigenvalue weighted by atomic mass is 10.1. The summed E-state index contributed by atoms with van der Waals surface area (Å²) < 4.78 is 19.5. The summed E-state index contributed by atoms with van der Waals surface area (Å²) >= 11 is 5.74. The highest BCUT2D eigenvalue weighted by atomic mass is 35.5. The smallest absolute Gasteiger partial charge is 0.271 e. The minimum absolute atomic E-state index is 0.0112. The van der Waals surface area contributed by atoms with E-state index in [0.717, 1.165) is 0 Å². The molecule has 0 saturated heterocycles. The van der Waals surface area contributed by atoms with Gasteiger partial charge in [0.25, 0.3) is 5.91 Å². The number of nitrogens with zero attached hydrogens (tertiary/aromatic N) is 2. The molecule has 1 heterocycles. The monoisotopic (exact) mass is 346 g/mol. The van der Waals surface area contributed by atoms with Crippen molar-refractivity contribution in [2.75, 3.05) is 0 Å². The van der Waals surface area contributed by atoms with Crippen LogP contribution in [0.25, 0.3) is 11.3 Å². The number of benzene rings is 2. The fourth-order valence-electron chi connectivity index (χ4n) is 2.16. The van der Waals surface area contributed by atoms with E-state index in [1.807, 2.05) is 0 Å². The molecule has 122 valence electrons. The van der Waals surface area contributed by atoms with Gasteiger partial charge in [0.2, 0.25) is 0 Å². The van der Waals surface area contributed by atoms with E-state index in [-0.39, 0.29) is 17.3 Å². The van der Waals surface area contributed by atoms with E-state index >= 15 is 0 Å². The molecule has 0 aliphatic carbocycles. The van der Waals surface area contributed by atoms with Gasteiger partial charge in [0, 0.05) is 11.1 Å². The lowest BCUT2D eigenvalue weighted by Crippen LogP contribution is -2.12. The van der Waals surface area contributed by atoms with Crippen molar-refractivity contribution in [2.45, 2.75) is 6.61 Å². The summed E-state index contributed by atoms with van der Waals surface area (Å²) in [5.74, 6) is -0.723. The lowest BCUT2D eigenvalue weighted by molar-refractivity contribution is 0.0996. The molecule has 0 saturated carbocycles. The van der Waals surface area contributed by atoms with Crippen LogP contribution >= 0.6 is 11.6 Å². The largest absolute Gasteiger partial charge is 0.489 e. The van der Waals surface area contributed by atoms with E-state index in [2.05, 4.69) is 15.4 Å². The van der Waals surface area contributed by atoms with Gasteiger partial charge in [-0.15, -0.1) is 0 Å². The van der Waals surface area contributed by atoms with Gasteiger partial charge >= 0.3 is 0 Å². The highest BCUT2D eigenvalue weighted by Gasteiger charge is 2.15. The fraction of sp³-hybridized carbons (Fsp3) is 0.0625. The van der Waals surface area contributed by atoms with E-state index < -0.39 is 11.7 Å². The van der Waals surface area contributed by atoms with Crippen molar-refractivity contribution >= 4 is 17.5 Å². The Bertz CT molecular complexity index is 897. The van der Waals surface area contributed by atoms with Crippen LogP contribution in [0.1, 0.15) is 16.1 Å². The quantitative estimate of drug-likeness (QED) is 0.742. The Kier molecular flexibility index (Phi) is 4.43. The number of amides is 1. The number of aromatic amines is 1. The summed E-state index contributed by atoms with van der Waals surface area (Å²) in [6, 6.07) is 11.5. The molecule has 1 amide bonds. The van der Waals surface area contributed by atoms with Crippen molar-refractivity contribution < 1.29 is 13.9 Å². The Morgan fingerprint density at radius 3 is 2.83 bits per heavy atom. The third kappa shape index (κ3) is 3.21. The van der Waals surface area contributed by atoms with Crippen LogP contribution in [-0.4, -0.2) is 21.3 Å². The number of hydrogen-bond donors (Lipinski definition) is 2. The van der Waals surface area contributed by atoms with Gasteiger partial charge in [-0.1, -0.05) is 35.9 Å². The van der Waals surface area contributed by atoms with Crippen LogP contribution < -0.4 is 10.5 Å². The Morgan fingerprint density at radius 2 is 2.04 bits per heavy atom. The van der Waals surface area contributed by atoms with Crippen LogP contribution in [0.2, 0.25) is 5.02 Å². The third-order valence-electron chi connectivity index (χ3n) is 3.31. The van der Waals surface area contributed by atoms with E-state index in [0.29, 0.717) is 22.6 Å². The zero-order chi connectivity index (χ0) is 17.1. The molecule has 2 aromatic carbocycles. The molecule has 8 heteroatoms. The Balaban J connectivity index is 1.82. The van der Waals surface area contributed by atoms with Gasteiger partial charge in [0.15, 0.2) is 5.69 Å². The normalized spacial score (nSPS) is 10.6. The number of nitrogens with one attached hydrogen (secondary N) is 1. The zero-order valence-electron chi connectivity index (χ0n) is 12.3. The maximum Gasteiger partial charge on any atom is 0.271 e. The Labute approximate surface area is 141 Å². The van der Waals surface area contributed by atoms with Crippen LogP contribution in [0, 0.1) is 5.82 Å². The predicted molar refractivity (Wildman–Crippen MR) is 86.1 cm³/mol. The molecule has 0 fully saturated rings. The summed E-state index contributed by atoms with van der Waals surface area (Å²) in [5.41, 5.74) is 6.55. The van der Waals surface area contributed by atoms with Crippen LogP contribution in [-0.2, 0) is 6.61 Å². The number of H-pyrrole nitrogens is 1. The highest BCUT2D eigenvalue weighted by molar-refractivity contribution is 6.30. The van der Waals surface area contributed by atoms with Gasteiger partial charge in [0.1, 0.15) is 23.9 Å². The number of halogens is 2. The number of hydrogen-bond acceptors (Lipinski definition) is 4. The van der Waals surface area contributed by atoms with Crippen LogP contribution in [0.5, 0.6) is 5.75 Å². The minimum Gasteiger partial charge on any atom is -0.489 e. The second kappa shape index (κ2) is 6.67. The van der Waals surface area contributed by atoms with Gasteiger partial charge in [-0.05, 0) is 18.2 Å². The molecule has 3 N–H and O–H groups in total. The maximum absolute atomic E-state index is 13.9. The molecule has 1 aromatic heterocycles. The first-order chi connectivity index (χ1) is 11.6. The molecular weight excluding hydrogens is 335 g/mol. The third-order valence-corrected chi connectivity index (χ3v) is 3.61. The summed E-state index contributed by atoms with van der Waals surface area (Å²) in [5, 5.41) is 10.0. The van der Waals surface area contributed by atoms with Crippen LogP contribution in [0.3, 0.4) is 0 Å². The molecule has 0 bridgehead atoms. The number of aromatic nitrogens is 3. The first-order valence-electron chi connectivity index (χ1n) is 6.93. The molecule has 0 aliphatic heterocycles. The van der Waals surface area contributed by atoms with Gasteiger partial charge in [-0.2, -0.15) is 15.4 Å². The molecule has 0 unspecified atom stereocenters. The average Bonchev–Trinajstić information content (AvgIpc) is 3.06. The van der Waals surface area contributed by atoms with Crippen molar-refractivity contribution in [1.82, 2.24) is 15.4 Å². The molecule has 3 aromatic rings. The molecule has 24 heavy (non-hydrogen) atoms. The number of rotatable bonds is 5. The number of nitrogens with two attached hydrogens (primary N) is 1. The van der Waals surface area contributed by atoms with E-state index in [1.54, 1.807) is 36.4 Å². The number of carbonyl (C=O) groups is 1. The summed E-state index contributed by atoms with van der Waals surface area (Å²) in [6.07, 6.45) is 0. The van der Waals surface area contributed by atoms with Gasteiger partial charge < -0.3 is 10.5 Å². The number of carbonyl (C=O) groups excluding carboxylic acids is 1. The van der Waals surface area contributed by atoms with Crippen molar-refractivity contribution in [1.29, 1.82) is 0 Å². The molecule has 3 rings (SSSR count). The van der Waals surface area contributed by atoms with Crippen LogP contribution in [0.4, 0.5) is 4.39 Å². The SMILES string of the molecule is NC(=O)c1n[nH]nc1-c1cccc(OCc2cccc(Cl)c2F)c1. The van der Waals surface area contributed by atoms with Crippen molar-refractivity contribution in [3.05, 3.63) is 64.6 Å². The molecular formula is C16H12ClFN4O2. The second-order valence-electron chi connectivity index (χ2n) is 4.91. The minimum atomic E-state index is -0.689. The zero-order valence-corrected chi connectivity index (χ0v) is 13.0. The molecule has 0 spiro atoms. The van der Waals surface area contributed by atoms with E-state index in [1.165, 1.54) is 6.07 Å². The summed E-state index contributed by atoms with van der Waals surface area (Å²) in [6.45, 7) is 0.0112. The summed E-state index contributed by atoms with van der Waals surface area (Å²) in [4.78, 5) is 11.3. The lowest BCUT2D eigenvalue weighted by Gasteiger charge is -2.09. The van der Waals surface area contributed by atoms with Gasteiger partial charge in [0.05, 0.1) is 5.02 Å². The molecule has 0 aliphatic rings. The molecule has 6 nitrogen and oxygen atoms in total. The van der Waals surface area contributed by atoms with Crippen molar-refractivity contribution in [3.8, 4) is 17.0 Å². The maximum atomic E-state index is 13.9. The number of ether oxygens (including phenoxy) is 1. The first-order valence-corrected chi connectivity index (χ1v) is 7.30. The number of primary amides is 1. The standard InChI is InChI=1S/C16H12ClFN4O2/c17-12-6-2-4-10(13(12)18)8-24-11-5-1-3-9(7-11)14-15(16(19)23)21-22-20-14/h1-7H,8H2,(H2,19,23)(H,20,21,22). The second-order valence-corrected chi connectivity index (χ2v) is 5.32. The van der Waals surface area contributed by atoms with Crippen molar-refractivity contribution in [3.63, 3.8) is 0 Å². The predicted octanol–water partition coefficient (Wildman–Crippen LogP) is 2.94. The van der Waals surface area contributed by atoms with Gasteiger partial charge in [-0.3, -0.25) is 4.79 Å². The first kappa shape index (κ1) is 15.9. The van der Waals surface area contributed by atoms with E-state index in [4.69, 9.17) is 22.1 Å². The highest BCUT2D eigenvalue weighted by Crippen LogP contribution is 2.25. The van der Waals surface area contributed by atoms with Crippen molar-refractivity contribution in [2.24, 2.45) is 5.73 Å². The molecule has 0 radical (unpaired) electrons. The fourth-order valence-corrected chi connectivity index (χ4v) is 2.35. The van der Waals surface area contributed by atoms with Gasteiger partial charge in [-0.25, -0.2) is 4.39 Å². The summed E-state index contributed by atoms with van der Waals surface area (Å²) in [7, 11) is 0.